The first kappa shape index (κ1) is 7.59. The quantitative estimate of drug-likeness (QED) is 0.374. The molecule has 0 spiro atoms. The number of carbonyl (C=O) groups excluding carboxylic acids is 1. The number of rotatable bonds is 1. The van der Waals surface area contributed by atoms with E-state index < -0.39 is 0 Å². The molecule has 0 aliphatic rings. The smallest absolute Gasteiger partial charge is 0.319 e. The Kier molecular flexibility index (Phi) is 4.00. The maximum absolute atomic E-state index is 10.3. The average Bonchev–Trinajstić information content (AvgIpc) is 1.89. The molecule has 0 aromatic rings. The van der Waals surface area contributed by atoms with Crippen molar-refractivity contribution in [3.8, 4) is 24.4 Å². The monoisotopic (exact) mass is 122 g/mol. The third kappa shape index (κ3) is 4.44. The van der Waals surface area contributed by atoms with Crippen molar-refractivity contribution >= 4 is 5.97 Å². The van der Waals surface area contributed by atoms with Crippen LogP contribution in [-0.4, -0.2) is 5.97 Å². The zero-order chi connectivity index (χ0) is 7.11. The van der Waals surface area contributed by atoms with Crippen molar-refractivity contribution in [1.29, 1.82) is 0 Å². The third-order valence-electron chi connectivity index (χ3n) is 0.577. The van der Waals surface area contributed by atoms with E-state index in [1.165, 1.54) is 0 Å². The van der Waals surface area contributed by atoms with Crippen molar-refractivity contribution < 1.29 is 9.53 Å². The zero-order valence-electron chi connectivity index (χ0n) is 5.10. The highest BCUT2D eigenvalue weighted by Crippen LogP contribution is 1.79. The largest absolute Gasteiger partial charge is 0.371 e. The molecule has 0 atom stereocenters. The molecule has 0 fully saturated rings. The molecule has 2 heteroatoms. The topological polar surface area (TPSA) is 26.3 Å². The molecule has 0 rings (SSSR count). The van der Waals surface area contributed by atoms with Gasteiger partial charge in [0.2, 0.25) is 0 Å². The Hall–Kier alpha value is -1.41. The van der Waals surface area contributed by atoms with Gasteiger partial charge in [-0.05, 0) is 5.92 Å². The summed E-state index contributed by atoms with van der Waals surface area (Å²) in [5, 5.41) is 0. The van der Waals surface area contributed by atoms with Gasteiger partial charge in [-0.3, -0.25) is 4.79 Å². The van der Waals surface area contributed by atoms with E-state index in [-0.39, 0.29) is 5.97 Å². The number of esters is 1. The lowest BCUT2D eigenvalue weighted by Crippen LogP contribution is -1.95. The van der Waals surface area contributed by atoms with Crippen molar-refractivity contribution in [3.63, 3.8) is 0 Å². The van der Waals surface area contributed by atoms with E-state index in [0.717, 1.165) is 0 Å². The van der Waals surface area contributed by atoms with E-state index in [2.05, 4.69) is 16.8 Å². The molecule has 46 valence electrons. The molecule has 0 bridgehead atoms. The van der Waals surface area contributed by atoms with Gasteiger partial charge < -0.3 is 4.74 Å². The Morgan fingerprint density at radius 2 is 2.44 bits per heavy atom. The maximum Gasteiger partial charge on any atom is 0.319 e. The minimum absolute atomic E-state index is 0.319. The van der Waals surface area contributed by atoms with Gasteiger partial charge in [-0.15, -0.1) is 6.42 Å². The fraction of sp³-hybridized carbons (Fsp3) is 0.286. The second-order valence-electron chi connectivity index (χ2n) is 1.20. The van der Waals surface area contributed by atoms with E-state index in [4.69, 9.17) is 6.42 Å². The van der Waals surface area contributed by atoms with Gasteiger partial charge in [0, 0.05) is 12.3 Å². The molecule has 0 radical (unpaired) electrons. The summed E-state index contributed by atoms with van der Waals surface area (Å²) in [5.74, 6) is 3.79. The molecule has 0 aromatic heterocycles. The predicted molar refractivity (Wildman–Crippen MR) is 33.0 cm³/mol. The Labute approximate surface area is 54.2 Å². The van der Waals surface area contributed by atoms with Crippen LogP contribution in [0, 0.1) is 24.4 Å². The fourth-order valence-corrected chi connectivity index (χ4v) is 0.184. The highest BCUT2D eigenvalue weighted by molar-refractivity contribution is 5.70. The third-order valence-corrected chi connectivity index (χ3v) is 0.577. The van der Waals surface area contributed by atoms with Gasteiger partial charge in [-0.2, -0.15) is 0 Å². The summed E-state index contributed by atoms with van der Waals surface area (Å²) in [4.78, 5) is 10.3. The zero-order valence-corrected chi connectivity index (χ0v) is 5.10. The van der Waals surface area contributed by atoms with Crippen LogP contribution in [0.1, 0.15) is 13.3 Å². The first-order valence-corrected chi connectivity index (χ1v) is 2.46. The van der Waals surface area contributed by atoms with E-state index in [9.17, 15) is 4.79 Å². The van der Waals surface area contributed by atoms with Crippen LogP contribution in [-0.2, 0) is 9.53 Å². The van der Waals surface area contributed by atoms with Gasteiger partial charge >= 0.3 is 5.97 Å². The van der Waals surface area contributed by atoms with Gasteiger partial charge in [-0.1, -0.05) is 6.92 Å². The van der Waals surface area contributed by atoms with E-state index in [1.54, 1.807) is 6.92 Å². The molecule has 2 nitrogen and oxygen atoms in total. The summed E-state index contributed by atoms with van der Waals surface area (Å²) >= 11 is 0. The van der Waals surface area contributed by atoms with E-state index in [1.807, 2.05) is 5.92 Å². The Balaban J connectivity index is 3.53. The highest BCUT2D eigenvalue weighted by Gasteiger charge is 1.91. The minimum Gasteiger partial charge on any atom is -0.371 e. The number of hydrogen-bond acceptors (Lipinski definition) is 2. The summed E-state index contributed by atoms with van der Waals surface area (Å²) in [6, 6.07) is 0. The molecule has 0 amide bonds. The second-order valence-corrected chi connectivity index (χ2v) is 1.20. The van der Waals surface area contributed by atoms with Crippen molar-refractivity contribution in [3.05, 3.63) is 0 Å². The first-order valence-electron chi connectivity index (χ1n) is 2.46. The maximum atomic E-state index is 10.3. The van der Waals surface area contributed by atoms with E-state index >= 15 is 0 Å². The summed E-state index contributed by atoms with van der Waals surface area (Å²) in [5.41, 5.74) is 0. The van der Waals surface area contributed by atoms with Crippen LogP contribution in [0.25, 0.3) is 0 Å². The van der Waals surface area contributed by atoms with Crippen LogP contribution in [0.4, 0.5) is 0 Å². The lowest BCUT2D eigenvalue weighted by Gasteiger charge is -1.85. The Bertz CT molecular complexity index is 187. The SMILES string of the molecule is C#CC#COC(=O)CC. The number of terminal acetylenes is 1. The number of ether oxygens (including phenoxy) is 1. The summed E-state index contributed by atoms with van der Waals surface area (Å²) in [6.45, 7) is 1.68. The molecule has 0 unspecified atom stereocenters. The van der Waals surface area contributed by atoms with Gasteiger partial charge in [0.15, 0.2) is 0 Å². The molecule has 0 aromatic carbocycles. The Morgan fingerprint density at radius 3 is 2.89 bits per heavy atom. The average molecular weight is 122 g/mol. The van der Waals surface area contributed by atoms with Crippen LogP contribution in [0.15, 0.2) is 0 Å². The molecule has 0 aliphatic heterocycles. The standard InChI is InChI=1S/C7H6O2/c1-3-5-6-9-7(8)4-2/h1H,4H2,2H3. The highest BCUT2D eigenvalue weighted by atomic mass is 16.5. The predicted octanol–water partition coefficient (Wildman–Crippen LogP) is 0.534. The van der Waals surface area contributed by atoms with Gasteiger partial charge in [-0.25, -0.2) is 0 Å². The minimum atomic E-state index is -0.363. The Morgan fingerprint density at radius 1 is 1.78 bits per heavy atom. The first-order chi connectivity index (χ1) is 4.31. The molecular formula is C7H6O2. The fourth-order valence-electron chi connectivity index (χ4n) is 0.184. The normalized spacial score (nSPS) is 6.22. The van der Waals surface area contributed by atoms with Crippen LogP contribution in [0.5, 0.6) is 0 Å². The van der Waals surface area contributed by atoms with Crippen molar-refractivity contribution in [2.75, 3.05) is 0 Å². The second kappa shape index (κ2) is 4.74. The van der Waals surface area contributed by atoms with Crippen molar-refractivity contribution in [2.45, 2.75) is 13.3 Å². The molecule has 0 saturated heterocycles. The van der Waals surface area contributed by atoms with Gasteiger partial charge in [0.25, 0.3) is 0 Å². The summed E-state index contributed by atoms with van der Waals surface area (Å²) < 4.78 is 4.29. The molecule has 0 aliphatic carbocycles. The molecule has 9 heavy (non-hydrogen) atoms. The summed E-state index contributed by atoms with van der Waals surface area (Å²) in [6.07, 6.45) is 7.11. The molecule has 0 heterocycles. The lowest BCUT2D eigenvalue weighted by molar-refractivity contribution is -0.136. The van der Waals surface area contributed by atoms with Crippen LogP contribution >= 0.6 is 0 Å². The van der Waals surface area contributed by atoms with Crippen molar-refractivity contribution in [1.82, 2.24) is 0 Å². The lowest BCUT2D eigenvalue weighted by atomic mass is 10.5. The van der Waals surface area contributed by atoms with Crippen molar-refractivity contribution in [2.24, 2.45) is 0 Å². The van der Waals surface area contributed by atoms with Gasteiger partial charge in [0.05, 0.1) is 0 Å². The van der Waals surface area contributed by atoms with Crippen LogP contribution in [0.2, 0.25) is 0 Å². The molecular weight excluding hydrogens is 116 g/mol. The van der Waals surface area contributed by atoms with E-state index in [0.29, 0.717) is 6.42 Å². The van der Waals surface area contributed by atoms with Crippen LogP contribution < -0.4 is 0 Å². The number of carbonyl (C=O) groups is 1. The summed E-state index contributed by atoms with van der Waals surface area (Å²) in [7, 11) is 0. The molecule has 0 saturated carbocycles. The molecule has 0 N–H and O–H groups in total. The van der Waals surface area contributed by atoms with Crippen LogP contribution in [0.3, 0.4) is 0 Å². The number of hydrogen-bond donors (Lipinski definition) is 0. The van der Waals surface area contributed by atoms with Gasteiger partial charge in [0.1, 0.15) is 6.11 Å².